The predicted octanol–water partition coefficient (Wildman–Crippen LogP) is 6.55. The van der Waals surface area contributed by atoms with Crippen LogP contribution < -0.4 is 0 Å². The van der Waals surface area contributed by atoms with Crippen LogP contribution in [-0.2, 0) is 16.0 Å². The molecule has 3 aromatic rings. The van der Waals surface area contributed by atoms with Gasteiger partial charge < -0.3 is 14.7 Å². The summed E-state index contributed by atoms with van der Waals surface area (Å²) in [6.45, 7) is 1.86. The molecule has 1 N–H and O–H groups in total. The van der Waals surface area contributed by atoms with E-state index >= 15 is 0 Å². The van der Waals surface area contributed by atoms with E-state index in [1.807, 2.05) is 31.2 Å². The number of morpholine rings is 1. The summed E-state index contributed by atoms with van der Waals surface area (Å²) in [6, 6.07) is 19.9. The maximum absolute atomic E-state index is 13.9. The third-order valence-electron chi connectivity index (χ3n) is 6.40. The van der Waals surface area contributed by atoms with Crippen LogP contribution in [0.4, 0.5) is 4.39 Å². The van der Waals surface area contributed by atoms with Crippen LogP contribution in [0.15, 0.2) is 72.8 Å². The van der Waals surface area contributed by atoms with Crippen molar-refractivity contribution in [1.29, 1.82) is 0 Å². The molecule has 0 spiro atoms. The molecule has 1 saturated heterocycles. The minimum Gasteiger partial charge on any atom is -0.394 e. The summed E-state index contributed by atoms with van der Waals surface area (Å²) in [5.74, 6) is -0.539. The molecule has 7 heteroatoms. The van der Waals surface area contributed by atoms with Crippen molar-refractivity contribution in [3.05, 3.63) is 105 Å². The third-order valence-corrected chi connectivity index (χ3v) is 6.90. The van der Waals surface area contributed by atoms with Crippen LogP contribution in [0.1, 0.15) is 48.6 Å². The summed E-state index contributed by atoms with van der Waals surface area (Å²) in [5, 5.41) is 11.5. The molecule has 35 heavy (non-hydrogen) atoms. The lowest BCUT2D eigenvalue weighted by Gasteiger charge is -2.48. The van der Waals surface area contributed by atoms with Gasteiger partial charge in [-0.1, -0.05) is 72.9 Å². The van der Waals surface area contributed by atoms with Crippen LogP contribution in [0.3, 0.4) is 0 Å². The van der Waals surface area contributed by atoms with Gasteiger partial charge >= 0.3 is 0 Å². The third kappa shape index (κ3) is 5.87. The number of aliphatic hydroxyl groups is 1. The minimum absolute atomic E-state index is 0.166. The monoisotopic (exact) mass is 515 g/mol. The van der Waals surface area contributed by atoms with E-state index in [0.29, 0.717) is 16.5 Å². The van der Waals surface area contributed by atoms with Crippen LogP contribution in [0, 0.1) is 5.82 Å². The summed E-state index contributed by atoms with van der Waals surface area (Å²) >= 11 is 12.3. The van der Waals surface area contributed by atoms with Gasteiger partial charge in [-0.2, -0.15) is 0 Å². The molecule has 3 aromatic carbocycles. The summed E-state index contributed by atoms with van der Waals surface area (Å²) in [7, 11) is 0. The fourth-order valence-corrected chi connectivity index (χ4v) is 4.95. The highest BCUT2D eigenvalue weighted by Gasteiger charge is 2.46. The van der Waals surface area contributed by atoms with Crippen molar-refractivity contribution in [2.24, 2.45) is 0 Å². The molecule has 4 rings (SSSR count). The Balaban J connectivity index is 1.81. The maximum Gasteiger partial charge on any atom is 0.253 e. The van der Waals surface area contributed by atoms with Crippen molar-refractivity contribution in [2.45, 2.75) is 50.5 Å². The zero-order valence-corrected chi connectivity index (χ0v) is 20.9. The molecule has 1 fully saturated rings. The number of nitrogens with zero attached hydrogens (tertiary/aromatic N) is 1. The zero-order valence-electron chi connectivity index (χ0n) is 19.4. The SMILES string of the molecule is CCCC(CO)N1C(=O)[C@@H](Cc2ccc(F)cc2)O[C@H](c2ccc(Cl)cc2)[C@@H]1c1ccc(Cl)cc1. The number of benzene rings is 3. The second kappa shape index (κ2) is 11.5. The standard InChI is InChI=1S/C28H28Cl2FNO3/c1-2-3-24(17-33)32-26(19-6-10-21(29)11-7-19)27(20-8-12-22(30)13-9-20)35-25(28(32)34)16-18-4-14-23(31)15-5-18/h4-15,24-27,33H,2-3,16-17H2,1H3/t24?,25-,26+,27-/m1/s1. The molecule has 184 valence electrons. The van der Waals surface area contributed by atoms with Crippen LogP contribution in [0.2, 0.25) is 10.0 Å². The molecule has 1 unspecified atom stereocenters. The zero-order chi connectivity index (χ0) is 24.9. The first-order valence-corrected chi connectivity index (χ1v) is 12.5. The van der Waals surface area contributed by atoms with E-state index in [1.165, 1.54) is 12.1 Å². The van der Waals surface area contributed by atoms with E-state index in [2.05, 4.69) is 0 Å². The molecule has 0 bridgehead atoms. The predicted molar refractivity (Wildman–Crippen MR) is 136 cm³/mol. The maximum atomic E-state index is 13.9. The Labute approximate surface area is 215 Å². The van der Waals surface area contributed by atoms with Crippen molar-refractivity contribution in [3.8, 4) is 0 Å². The van der Waals surface area contributed by atoms with E-state index in [4.69, 9.17) is 27.9 Å². The Hall–Kier alpha value is -2.44. The number of carbonyl (C=O) groups excluding carboxylic acids is 1. The second-order valence-corrected chi connectivity index (χ2v) is 9.67. The van der Waals surface area contributed by atoms with Crippen LogP contribution in [-0.4, -0.2) is 34.7 Å². The van der Waals surface area contributed by atoms with Gasteiger partial charge in [0.05, 0.1) is 18.7 Å². The Morgan fingerprint density at radius 2 is 1.51 bits per heavy atom. The molecule has 0 saturated carbocycles. The summed E-state index contributed by atoms with van der Waals surface area (Å²) in [4.78, 5) is 15.7. The molecular formula is C28H28Cl2FNO3. The first kappa shape index (κ1) is 25.6. The molecule has 4 atom stereocenters. The second-order valence-electron chi connectivity index (χ2n) is 8.79. The first-order chi connectivity index (χ1) is 16.9. The molecular weight excluding hydrogens is 488 g/mol. The van der Waals surface area contributed by atoms with E-state index < -0.39 is 18.2 Å². The number of hydrogen-bond donors (Lipinski definition) is 1. The Morgan fingerprint density at radius 3 is 2.06 bits per heavy atom. The van der Waals surface area contributed by atoms with Gasteiger partial charge in [0.15, 0.2) is 0 Å². The van der Waals surface area contributed by atoms with Crippen molar-refractivity contribution < 1.29 is 19.0 Å². The van der Waals surface area contributed by atoms with Gasteiger partial charge in [-0.15, -0.1) is 0 Å². The van der Waals surface area contributed by atoms with E-state index in [0.717, 1.165) is 23.1 Å². The lowest BCUT2D eigenvalue weighted by atomic mass is 9.89. The summed E-state index contributed by atoms with van der Waals surface area (Å²) in [5.41, 5.74) is 2.52. The molecule has 1 aliphatic heterocycles. The number of aliphatic hydroxyl groups excluding tert-OH is 1. The Bertz CT molecular complexity index is 1120. The summed E-state index contributed by atoms with van der Waals surface area (Å²) < 4.78 is 20.0. The normalized spacial score (nSPS) is 21.2. The smallest absolute Gasteiger partial charge is 0.253 e. The molecule has 4 nitrogen and oxygen atoms in total. The first-order valence-electron chi connectivity index (χ1n) is 11.7. The van der Waals surface area contributed by atoms with Gasteiger partial charge in [0, 0.05) is 16.5 Å². The van der Waals surface area contributed by atoms with Gasteiger partial charge in [0.1, 0.15) is 18.0 Å². The number of hydrogen-bond acceptors (Lipinski definition) is 3. The molecule has 0 radical (unpaired) electrons. The fraction of sp³-hybridized carbons (Fsp3) is 0.321. The lowest BCUT2D eigenvalue weighted by molar-refractivity contribution is -0.181. The van der Waals surface area contributed by atoms with E-state index in [-0.39, 0.29) is 30.8 Å². The molecule has 1 heterocycles. The van der Waals surface area contributed by atoms with E-state index in [9.17, 15) is 14.3 Å². The minimum atomic E-state index is -0.796. The van der Waals surface area contributed by atoms with Gasteiger partial charge in [-0.05, 0) is 59.5 Å². The fourth-order valence-electron chi connectivity index (χ4n) is 4.70. The van der Waals surface area contributed by atoms with Crippen molar-refractivity contribution in [2.75, 3.05) is 6.61 Å². The topological polar surface area (TPSA) is 49.8 Å². The van der Waals surface area contributed by atoms with Crippen LogP contribution >= 0.6 is 23.2 Å². The van der Waals surface area contributed by atoms with Gasteiger partial charge in [-0.3, -0.25) is 4.79 Å². The molecule has 0 aliphatic carbocycles. The van der Waals surface area contributed by atoms with Crippen molar-refractivity contribution in [3.63, 3.8) is 0 Å². The van der Waals surface area contributed by atoms with Crippen LogP contribution in [0.25, 0.3) is 0 Å². The number of carbonyl (C=O) groups is 1. The van der Waals surface area contributed by atoms with Crippen molar-refractivity contribution in [1.82, 2.24) is 4.90 Å². The molecule has 0 aromatic heterocycles. The van der Waals surface area contributed by atoms with Gasteiger partial charge in [-0.25, -0.2) is 4.39 Å². The number of amides is 1. The van der Waals surface area contributed by atoms with Gasteiger partial charge in [0.25, 0.3) is 5.91 Å². The quantitative estimate of drug-likeness (QED) is 0.370. The molecule has 1 amide bonds. The average molecular weight is 516 g/mol. The lowest BCUT2D eigenvalue weighted by Crippen LogP contribution is -2.56. The van der Waals surface area contributed by atoms with E-state index in [1.54, 1.807) is 41.3 Å². The van der Waals surface area contributed by atoms with Crippen molar-refractivity contribution >= 4 is 29.1 Å². The molecule has 1 aliphatic rings. The number of rotatable bonds is 8. The largest absolute Gasteiger partial charge is 0.394 e. The Morgan fingerprint density at radius 1 is 0.943 bits per heavy atom. The highest BCUT2D eigenvalue weighted by molar-refractivity contribution is 6.30. The number of halogens is 3. The van der Waals surface area contributed by atoms with Crippen LogP contribution in [0.5, 0.6) is 0 Å². The highest BCUT2D eigenvalue weighted by Crippen LogP contribution is 2.44. The number of ether oxygens (including phenoxy) is 1. The van der Waals surface area contributed by atoms with Gasteiger partial charge in [0.2, 0.25) is 0 Å². The summed E-state index contributed by atoms with van der Waals surface area (Å²) in [6.07, 6.45) is 0.426. The Kier molecular flexibility index (Phi) is 8.45. The average Bonchev–Trinajstić information content (AvgIpc) is 2.86. The highest BCUT2D eigenvalue weighted by atomic mass is 35.5.